The van der Waals surface area contributed by atoms with Gasteiger partial charge in [-0.3, -0.25) is 4.79 Å². The molecule has 1 aliphatic rings. The standard InChI is InChI=1S/C22H28FN3O4S/c1-3-26(4-2)31(28,29)19-11-9-18(10-12-19)30-17-22(27)25-15-13-24(14-16-25)21-8-6-5-7-20(21)23/h5-12H,3-4,13-17H2,1-2H3. The van der Waals surface area contributed by atoms with Crippen LogP contribution in [0.25, 0.3) is 0 Å². The Morgan fingerprint density at radius 1 is 1.00 bits per heavy atom. The van der Waals surface area contributed by atoms with Gasteiger partial charge < -0.3 is 14.5 Å². The van der Waals surface area contributed by atoms with Crippen molar-refractivity contribution in [1.82, 2.24) is 9.21 Å². The molecule has 0 radical (unpaired) electrons. The summed E-state index contributed by atoms with van der Waals surface area (Å²) in [5, 5.41) is 0. The van der Waals surface area contributed by atoms with E-state index in [1.165, 1.54) is 22.5 Å². The molecule has 1 fully saturated rings. The predicted octanol–water partition coefficient (Wildman–Crippen LogP) is 2.58. The fraction of sp³-hybridized carbons (Fsp3) is 0.409. The van der Waals surface area contributed by atoms with Crippen LogP contribution in [0.2, 0.25) is 0 Å². The number of nitrogens with zero attached hydrogens (tertiary/aromatic N) is 3. The fourth-order valence-corrected chi connectivity index (χ4v) is 5.02. The van der Waals surface area contributed by atoms with E-state index in [2.05, 4.69) is 0 Å². The van der Waals surface area contributed by atoms with Gasteiger partial charge in [0.1, 0.15) is 11.6 Å². The summed E-state index contributed by atoms with van der Waals surface area (Å²) < 4.78 is 45.9. The highest BCUT2D eigenvalue weighted by atomic mass is 32.2. The van der Waals surface area contributed by atoms with Crippen LogP contribution in [0.4, 0.5) is 10.1 Å². The number of carbonyl (C=O) groups is 1. The average molecular weight is 450 g/mol. The summed E-state index contributed by atoms with van der Waals surface area (Å²) in [5.74, 6) is 0.00178. The highest BCUT2D eigenvalue weighted by Gasteiger charge is 2.24. The van der Waals surface area contributed by atoms with Crippen molar-refractivity contribution < 1.29 is 22.3 Å². The Morgan fingerprint density at radius 3 is 2.19 bits per heavy atom. The molecule has 1 aliphatic heterocycles. The Balaban J connectivity index is 1.52. The number of sulfonamides is 1. The maximum Gasteiger partial charge on any atom is 0.260 e. The van der Waals surface area contributed by atoms with Crippen LogP contribution in [0.1, 0.15) is 13.8 Å². The number of ether oxygens (including phenoxy) is 1. The van der Waals surface area contributed by atoms with Crippen molar-refractivity contribution in [1.29, 1.82) is 0 Å². The second-order valence-corrected chi connectivity index (χ2v) is 9.11. The lowest BCUT2D eigenvalue weighted by Crippen LogP contribution is -2.50. The van der Waals surface area contributed by atoms with Gasteiger partial charge in [-0.25, -0.2) is 12.8 Å². The van der Waals surface area contributed by atoms with Crippen LogP contribution in [0.15, 0.2) is 53.4 Å². The summed E-state index contributed by atoms with van der Waals surface area (Å²) in [7, 11) is -3.53. The number of benzene rings is 2. The summed E-state index contributed by atoms with van der Waals surface area (Å²) in [6, 6.07) is 12.7. The van der Waals surface area contributed by atoms with Gasteiger partial charge in [-0.15, -0.1) is 0 Å². The molecular weight excluding hydrogens is 421 g/mol. The second-order valence-electron chi connectivity index (χ2n) is 7.17. The number of para-hydroxylation sites is 1. The van der Waals surface area contributed by atoms with Crippen LogP contribution >= 0.6 is 0 Å². The molecule has 0 N–H and O–H groups in total. The number of piperazine rings is 1. The lowest BCUT2D eigenvalue weighted by molar-refractivity contribution is -0.133. The zero-order valence-corrected chi connectivity index (χ0v) is 18.6. The van der Waals surface area contributed by atoms with E-state index in [1.807, 2.05) is 4.90 Å². The second kappa shape index (κ2) is 10.1. The van der Waals surface area contributed by atoms with E-state index >= 15 is 0 Å². The molecule has 9 heteroatoms. The molecule has 2 aromatic rings. The molecule has 0 bridgehead atoms. The van der Waals surface area contributed by atoms with Gasteiger partial charge in [0.15, 0.2) is 6.61 Å². The Labute approximate surface area is 183 Å². The number of anilines is 1. The first kappa shape index (κ1) is 23.0. The van der Waals surface area contributed by atoms with Crippen molar-refractivity contribution in [2.75, 3.05) is 50.8 Å². The first-order valence-corrected chi connectivity index (χ1v) is 11.8. The Bertz CT molecular complexity index is 986. The van der Waals surface area contributed by atoms with Crippen LogP contribution in [0, 0.1) is 5.82 Å². The van der Waals surface area contributed by atoms with Crippen molar-refractivity contribution in [2.24, 2.45) is 0 Å². The van der Waals surface area contributed by atoms with Crippen molar-refractivity contribution in [3.05, 3.63) is 54.3 Å². The first-order valence-electron chi connectivity index (χ1n) is 10.4. The molecule has 1 saturated heterocycles. The molecule has 168 valence electrons. The molecular formula is C22H28FN3O4S. The third-order valence-corrected chi connectivity index (χ3v) is 7.42. The zero-order valence-electron chi connectivity index (χ0n) is 17.8. The van der Waals surface area contributed by atoms with Gasteiger partial charge in [0.25, 0.3) is 5.91 Å². The summed E-state index contributed by atoms with van der Waals surface area (Å²) in [6.45, 7) is 6.30. The molecule has 0 aromatic heterocycles. The van der Waals surface area contributed by atoms with E-state index in [0.717, 1.165) is 0 Å². The summed E-state index contributed by atoms with van der Waals surface area (Å²) in [6.07, 6.45) is 0. The van der Waals surface area contributed by atoms with Gasteiger partial charge in [0.05, 0.1) is 10.6 Å². The summed E-state index contributed by atoms with van der Waals surface area (Å²) in [5.41, 5.74) is 0.547. The number of halogens is 1. The van der Waals surface area contributed by atoms with E-state index in [4.69, 9.17) is 4.74 Å². The number of hydrogen-bond acceptors (Lipinski definition) is 5. The third-order valence-electron chi connectivity index (χ3n) is 5.35. The number of rotatable bonds is 8. The largest absolute Gasteiger partial charge is 0.484 e. The predicted molar refractivity (Wildman–Crippen MR) is 117 cm³/mol. The molecule has 0 aliphatic carbocycles. The maximum absolute atomic E-state index is 13.9. The molecule has 2 aromatic carbocycles. The van der Waals surface area contributed by atoms with Gasteiger partial charge in [0.2, 0.25) is 10.0 Å². The topological polar surface area (TPSA) is 70.2 Å². The molecule has 7 nitrogen and oxygen atoms in total. The van der Waals surface area contributed by atoms with E-state index in [0.29, 0.717) is 50.7 Å². The SMILES string of the molecule is CCN(CC)S(=O)(=O)c1ccc(OCC(=O)N2CCN(c3ccccc3F)CC2)cc1. The monoisotopic (exact) mass is 449 g/mol. The number of carbonyl (C=O) groups excluding carboxylic acids is 1. The normalized spacial score (nSPS) is 14.7. The van der Waals surface area contributed by atoms with E-state index in [9.17, 15) is 17.6 Å². The van der Waals surface area contributed by atoms with Crippen molar-refractivity contribution in [2.45, 2.75) is 18.7 Å². The molecule has 1 amide bonds. The quantitative estimate of drug-likeness (QED) is 0.620. The molecule has 0 spiro atoms. The minimum atomic E-state index is -3.53. The minimum Gasteiger partial charge on any atom is -0.484 e. The fourth-order valence-electron chi connectivity index (χ4n) is 3.56. The molecule has 0 atom stereocenters. The van der Waals surface area contributed by atoms with E-state index in [1.54, 1.807) is 49.1 Å². The van der Waals surface area contributed by atoms with Gasteiger partial charge in [-0.05, 0) is 36.4 Å². The zero-order chi connectivity index (χ0) is 22.4. The Morgan fingerprint density at radius 2 is 1.61 bits per heavy atom. The molecule has 3 rings (SSSR count). The highest BCUT2D eigenvalue weighted by molar-refractivity contribution is 7.89. The van der Waals surface area contributed by atoms with Crippen LogP contribution in [0.3, 0.4) is 0 Å². The van der Waals surface area contributed by atoms with Crippen molar-refractivity contribution in [3.63, 3.8) is 0 Å². The summed E-state index contributed by atoms with van der Waals surface area (Å²) in [4.78, 5) is 16.3. The van der Waals surface area contributed by atoms with Gasteiger partial charge in [-0.2, -0.15) is 4.31 Å². The average Bonchev–Trinajstić information content (AvgIpc) is 2.79. The summed E-state index contributed by atoms with van der Waals surface area (Å²) >= 11 is 0. The van der Waals surface area contributed by atoms with Crippen LogP contribution in [0.5, 0.6) is 5.75 Å². The van der Waals surface area contributed by atoms with Crippen LogP contribution in [-0.4, -0.2) is 69.4 Å². The van der Waals surface area contributed by atoms with Gasteiger partial charge in [-0.1, -0.05) is 26.0 Å². The maximum atomic E-state index is 13.9. The number of hydrogen-bond donors (Lipinski definition) is 0. The third kappa shape index (κ3) is 5.34. The van der Waals surface area contributed by atoms with Crippen molar-refractivity contribution >= 4 is 21.6 Å². The molecule has 0 unspecified atom stereocenters. The van der Waals surface area contributed by atoms with Crippen molar-refractivity contribution in [3.8, 4) is 5.75 Å². The first-order chi connectivity index (χ1) is 14.9. The van der Waals surface area contributed by atoms with Crippen LogP contribution < -0.4 is 9.64 Å². The molecule has 0 saturated carbocycles. The number of amides is 1. The lowest BCUT2D eigenvalue weighted by atomic mass is 10.2. The molecule has 1 heterocycles. The van der Waals surface area contributed by atoms with Gasteiger partial charge >= 0.3 is 0 Å². The lowest BCUT2D eigenvalue weighted by Gasteiger charge is -2.36. The van der Waals surface area contributed by atoms with Crippen LogP contribution in [-0.2, 0) is 14.8 Å². The highest BCUT2D eigenvalue weighted by Crippen LogP contribution is 2.21. The van der Waals surface area contributed by atoms with Gasteiger partial charge in [0, 0.05) is 39.3 Å². The Kier molecular flexibility index (Phi) is 7.50. The smallest absolute Gasteiger partial charge is 0.260 e. The minimum absolute atomic E-state index is 0.137. The van der Waals surface area contributed by atoms with E-state index in [-0.39, 0.29) is 23.2 Å². The van der Waals surface area contributed by atoms with E-state index < -0.39 is 10.0 Å². The molecule has 31 heavy (non-hydrogen) atoms. The Hall–Kier alpha value is -2.65.